The summed E-state index contributed by atoms with van der Waals surface area (Å²) in [6.45, 7) is 3.29. The van der Waals surface area contributed by atoms with Crippen LogP contribution in [0.4, 0.5) is 0 Å². The summed E-state index contributed by atoms with van der Waals surface area (Å²) < 4.78 is 3.75. The highest BCUT2D eigenvalue weighted by Gasteiger charge is 2.27. The zero-order valence-electron chi connectivity index (χ0n) is 16.2. The Kier molecular flexibility index (Phi) is 5.08. The molecular formula is C21H30N4O2. The standard InChI is InChI=1S/C21H30N4O2/c1-23-18-9-5-8-17(20(22)26)19(18)21(27)25(23)16-10-12-24(13-11-16)14-15-6-3-2-4-7-15/h5,8-9,15-16H,2-4,6-7,10-14H2,1H3,(H2,22,26). The summed E-state index contributed by atoms with van der Waals surface area (Å²) in [5.74, 6) is 0.312. The van der Waals surface area contributed by atoms with E-state index in [0.717, 1.165) is 37.4 Å². The maximum absolute atomic E-state index is 13.1. The number of amides is 1. The van der Waals surface area contributed by atoms with E-state index in [2.05, 4.69) is 4.90 Å². The molecule has 146 valence electrons. The van der Waals surface area contributed by atoms with E-state index in [1.807, 2.05) is 22.5 Å². The van der Waals surface area contributed by atoms with E-state index in [1.54, 1.807) is 12.1 Å². The smallest absolute Gasteiger partial charge is 0.275 e. The Balaban J connectivity index is 1.53. The van der Waals surface area contributed by atoms with Gasteiger partial charge in [0.2, 0.25) is 5.91 Å². The molecule has 1 saturated heterocycles. The molecule has 1 aromatic carbocycles. The monoisotopic (exact) mass is 370 g/mol. The predicted molar refractivity (Wildman–Crippen MR) is 107 cm³/mol. The number of nitrogens with zero attached hydrogens (tertiary/aromatic N) is 3. The van der Waals surface area contributed by atoms with Crippen molar-refractivity contribution < 1.29 is 4.79 Å². The summed E-state index contributed by atoms with van der Waals surface area (Å²) in [7, 11) is 1.91. The Labute approximate surface area is 159 Å². The molecule has 0 atom stereocenters. The number of primary amides is 1. The lowest BCUT2D eigenvalue weighted by Crippen LogP contribution is -2.40. The number of aromatic nitrogens is 2. The molecule has 0 bridgehead atoms. The van der Waals surface area contributed by atoms with Gasteiger partial charge in [0.05, 0.1) is 22.5 Å². The highest BCUT2D eigenvalue weighted by atomic mass is 16.1. The average Bonchev–Trinajstić information content (AvgIpc) is 2.94. The van der Waals surface area contributed by atoms with Crippen molar-refractivity contribution in [1.82, 2.24) is 14.3 Å². The van der Waals surface area contributed by atoms with E-state index >= 15 is 0 Å². The lowest BCUT2D eigenvalue weighted by Gasteiger charge is -2.35. The van der Waals surface area contributed by atoms with E-state index in [4.69, 9.17) is 5.73 Å². The largest absolute Gasteiger partial charge is 0.366 e. The van der Waals surface area contributed by atoms with Gasteiger partial charge in [-0.05, 0) is 43.7 Å². The summed E-state index contributed by atoms with van der Waals surface area (Å²) in [6.07, 6.45) is 8.86. The molecular weight excluding hydrogens is 340 g/mol. The first-order chi connectivity index (χ1) is 13.1. The zero-order chi connectivity index (χ0) is 19.0. The van der Waals surface area contributed by atoms with Crippen LogP contribution in [0.1, 0.15) is 61.3 Å². The van der Waals surface area contributed by atoms with Gasteiger partial charge >= 0.3 is 0 Å². The van der Waals surface area contributed by atoms with Crippen LogP contribution in [0.15, 0.2) is 23.0 Å². The molecule has 1 saturated carbocycles. The van der Waals surface area contributed by atoms with E-state index in [-0.39, 0.29) is 11.6 Å². The number of aryl methyl sites for hydroxylation is 1. The molecule has 4 rings (SSSR count). The Hall–Kier alpha value is -2.08. The fourth-order valence-corrected chi connectivity index (χ4v) is 5.10. The molecule has 2 heterocycles. The Morgan fingerprint density at radius 2 is 1.81 bits per heavy atom. The van der Waals surface area contributed by atoms with Crippen molar-refractivity contribution in [3.05, 3.63) is 34.1 Å². The molecule has 1 aliphatic heterocycles. The highest BCUT2D eigenvalue weighted by Crippen LogP contribution is 2.28. The predicted octanol–water partition coefficient (Wildman–Crippen LogP) is 2.66. The lowest BCUT2D eigenvalue weighted by atomic mass is 9.88. The summed E-state index contributed by atoms with van der Waals surface area (Å²) >= 11 is 0. The molecule has 0 spiro atoms. The second-order valence-electron chi connectivity index (χ2n) is 8.27. The lowest BCUT2D eigenvalue weighted by molar-refractivity contribution is 0.100. The quantitative estimate of drug-likeness (QED) is 0.899. The number of carbonyl (C=O) groups is 1. The van der Waals surface area contributed by atoms with E-state index in [9.17, 15) is 9.59 Å². The van der Waals surface area contributed by atoms with Gasteiger partial charge in [0, 0.05) is 26.7 Å². The fraction of sp³-hybridized carbons (Fsp3) is 0.619. The number of rotatable bonds is 4. The Morgan fingerprint density at radius 3 is 2.48 bits per heavy atom. The van der Waals surface area contributed by atoms with Crippen LogP contribution in [0.5, 0.6) is 0 Å². The van der Waals surface area contributed by atoms with Crippen molar-refractivity contribution in [2.24, 2.45) is 18.7 Å². The van der Waals surface area contributed by atoms with Crippen LogP contribution in [-0.4, -0.2) is 39.8 Å². The molecule has 0 radical (unpaired) electrons. The van der Waals surface area contributed by atoms with Crippen molar-refractivity contribution in [1.29, 1.82) is 0 Å². The number of hydrogen-bond acceptors (Lipinski definition) is 3. The minimum atomic E-state index is -0.544. The first-order valence-electron chi connectivity index (χ1n) is 10.3. The summed E-state index contributed by atoms with van der Waals surface area (Å²) in [4.78, 5) is 27.4. The van der Waals surface area contributed by atoms with Crippen molar-refractivity contribution in [3.63, 3.8) is 0 Å². The Morgan fingerprint density at radius 1 is 1.11 bits per heavy atom. The maximum atomic E-state index is 13.1. The highest BCUT2D eigenvalue weighted by molar-refractivity contribution is 6.05. The van der Waals surface area contributed by atoms with Gasteiger partial charge in [-0.25, -0.2) is 4.68 Å². The summed E-state index contributed by atoms with van der Waals surface area (Å²) in [5.41, 5.74) is 6.50. The van der Waals surface area contributed by atoms with Gasteiger partial charge < -0.3 is 10.6 Å². The van der Waals surface area contributed by atoms with Gasteiger partial charge in [-0.3, -0.25) is 14.3 Å². The van der Waals surface area contributed by atoms with Crippen LogP contribution in [0, 0.1) is 5.92 Å². The van der Waals surface area contributed by atoms with E-state index < -0.39 is 5.91 Å². The third-order valence-electron chi connectivity index (χ3n) is 6.55. The second-order valence-corrected chi connectivity index (χ2v) is 8.27. The molecule has 6 heteroatoms. The normalized spacial score (nSPS) is 20.3. The average molecular weight is 370 g/mol. The van der Waals surface area contributed by atoms with Gasteiger partial charge in [0.25, 0.3) is 5.56 Å². The maximum Gasteiger partial charge on any atom is 0.275 e. The molecule has 1 amide bonds. The van der Waals surface area contributed by atoms with Crippen LogP contribution in [-0.2, 0) is 7.05 Å². The third kappa shape index (κ3) is 3.43. The fourth-order valence-electron chi connectivity index (χ4n) is 5.10. The van der Waals surface area contributed by atoms with Gasteiger partial charge in [-0.1, -0.05) is 25.3 Å². The van der Waals surface area contributed by atoms with Crippen LogP contribution < -0.4 is 11.3 Å². The van der Waals surface area contributed by atoms with Crippen molar-refractivity contribution >= 4 is 16.8 Å². The number of carbonyl (C=O) groups excluding carboxylic acids is 1. The number of nitrogens with two attached hydrogens (primary N) is 1. The van der Waals surface area contributed by atoms with Gasteiger partial charge in [-0.15, -0.1) is 0 Å². The minimum absolute atomic E-state index is 0.0902. The van der Waals surface area contributed by atoms with Crippen molar-refractivity contribution in [3.8, 4) is 0 Å². The molecule has 1 aromatic heterocycles. The second kappa shape index (κ2) is 7.50. The SMILES string of the molecule is Cn1c2cccc(C(N)=O)c2c(=O)n1C1CCN(CC2CCCCC2)CC1. The molecule has 2 aromatic rings. The summed E-state index contributed by atoms with van der Waals surface area (Å²) in [6, 6.07) is 5.50. The van der Waals surface area contributed by atoms with Crippen LogP contribution in [0.3, 0.4) is 0 Å². The number of benzene rings is 1. The van der Waals surface area contributed by atoms with Crippen molar-refractivity contribution in [2.75, 3.05) is 19.6 Å². The van der Waals surface area contributed by atoms with Crippen LogP contribution in [0.25, 0.3) is 10.9 Å². The van der Waals surface area contributed by atoms with E-state index in [0.29, 0.717) is 10.9 Å². The molecule has 1 aliphatic carbocycles. The molecule has 2 aliphatic rings. The number of piperidine rings is 1. The van der Waals surface area contributed by atoms with Gasteiger partial charge in [-0.2, -0.15) is 0 Å². The van der Waals surface area contributed by atoms with Crippen LogP contribution >= 0.6 is 0 Å². The topological polar surface area (TPSA) is 73.3 Å². The third-order valence-corrected chi connectivity index (χ3v) is 6.55. The molecule has 0 unspecified atom stereocenters. The number of likely N-dealkylation sites (tertiary alicyclic amines) is 1. The number of hydrogen-bond donors (Lipinski definition) is 1. The van der Waals surface area contributed by atoms with E-state index in [1.165, 1.54) is 38.6 Å². The van der Waals surface area contributed by atoms with Gasteiger partial charge in [0.1, 0.15) is 0 Å². The first kappa shape index (κ1) is 18.3. The summed E-state index contributed by atoms with van der Waals surface area (Å²) in [5, 5.41) is 0.456. The van der Waals surface area contributed by atoms with Crippen molar-refractivity contribution in [2.45, 2.75) is 51.0 Å². The zero-order valence-corrected chi connectivity index (χ0v) is 16.2. The minimum Gasteiger partial charge on any atom is -0.366 e. The molecule has 2 fully saturated rings. The molecule has 2 N–H and O–H groups in total. The Bertz CT molecular complexity index is 883. The van der Waals surface area contributed by atoms with Crippen LogP contribution in [0.2, 0.25) is 0 Å². The number of fused-ring (bicyclic) bond motifs is 1. The molecule has 27 heavy (non-hydrogen) atoms. The van der Waals surface area contributed by atoms with Gasteiger partial charge in [0.15, 0.2) is 0 Å². The molecule has 6 nitrogen and oxygen atoms in total. The first-order valence-corrected chi connectivity index (χ1v) is 10.3.